The lowest BCUT2D eigenvalue weighted by Gasteiger charge is -2.62. The van der Waals surface area contributed by atoms with Crippen molar-refractivity contribution in [3.8, 4) is 22.3 Å². The zero-order valence-electron chi connectivity index (χ0n) is 34.0. The Labute approximate surface area is 356 Å². The van der Waals surface area contributed by atoms with Crippen molar-refractivity contribution in [2.45, 2.75) is 36.0 Å². The Hall–Kier alpha value is -7.10. The summed E-state index contributed by atoms with van der Waals surface area (Å²) in [6.45, 7) is 4.98. The van der Waals surface area contributed by atoms with Crippen LogP contribution in [0.5, 0.6) is 0 Å². The quantitative estimate of drug-likeness (QED) is 0.142. The lowest BCUT2D eigenvalue weighted by molar-refractivity contribution is 0.519. The van der Waals surface area contributed by atoms with Crippen LogP contribution in [-0.4, -0.2) is 12.3 Å². The summed E-state index contributed by atoms with van der Waals surface area (Å²) in [7, 11) is 0. The molecule has 0 saturated heterocycles. The minimum absolute atomic E-state index is 0.112. The molecule has 0 bridgehead atoms. The third kappa shape index (κ3) is 3.43. The van der Waals surface area contributed by atoms with Crippen LogP contribution in [0.3, 0.4) is 0 Å². The summed E-state index contributed by atoms with van der Waals surface area (Å²) in [5.74, 6) is 0.136. The van der Waals surface area contributed by atoms with Gasteiger partial charge in [0.1, 0.15) is 0 Å². The summed E-state index contributed by atoms with van der Waals surface area (Å²) in [6, 6.07) is 70.1. The van der Waals surface area contributed by atoms with Crippen LogP contribution in [0.15, 0.2) is 205 Å². The van der Waals surface area contributed by atoms with E-state index in [1.54, 1.807) is 0 Å². The molecule has 8 aromatic carbocycles. The highest BCUT2D eigenvalue weighted by molar-refractivity contribution is 6.90. The van der Waals surface area contributed by atoms with Gasteiger partial charge in [0.05, 0.1) is 22.1 Å². The number of hydrogen-bond donors (Lipinski definition) is 0. The first-order valence-corrected chi connectivity index (χ1v) is 21.9. The van der Waals surface area contributed by atoms with Crippen molar-refractivity contribution in [2.75, 3.05) is 9.80 Å². The molecule has 4 heterocycles. The fraction of sp³-hybridized carbons (Fsp3) is 0.103. The molecule has 284 valence electrons. The van der Waals surface area contributed by atoms with Gasteiger partial charge in [0.2, 0.25) is 6.71 Å². The fourth-order valence-electron chi connectivity index (χ4n) is 14.3. The summed E-state index contributed by atoms with van der Waals surface area (Å²) in [5.41, 5.74) is 25.9. The Morgan fingerprint density at radius 2 is 0.836 bits per heavy atom. The highest BCUT2D eigenvalue weighted by Crippen LogP contribution is 2.69. The van der Waals surface area contributed by atoms with Gasteiger partial charge in [0.15, 0.2) is 0 Å². The van der Waals surface area contributed by atoms with Crippen molar-refractivity contribution in [3.63, 3.8) is 0 Å². The van der Waals surface area contributed by atoms with Crippen molar-refractivity contribution >= 4 is 40.4 Å². The number of fused-ring (bicyclic) bond motifs is 22. The fourth-order valence-corrected chi connectivity index (χ4v) is 14.3. The molecule has 0 aromatic heterocycles. The van der Waals surface area contributed by atoms with Crippen molar-refractivity contribution in [3.05, 3.63) is 250 Å². The Kier molecular flexibility index (Phi) is 5.79. The molecule has 61 heavy (non-hydrogen) atoms. The maximum atomic E-state index is 2.79. The van der Waals surface area contributed by atoms with E-state index in [-0.39, 0.29) is 18.1 Å². The van der Waals surface area contributed by atoms with Gasteiger partial charge in [-0.15, -0.1) is 0 Å². The van der Waals surface area contributed by atoms with Crippen LogP contribution in [0.1, 0.15) is 58.4 Å². The van der Waals surface area contributed by atoms with Crippen LogP contribution < -0.4 is 20.7 Å². The monoisotopic (exact) mass is 774 g/mol. The lowest BCUT2D eigenvalue weighted by atomic mass is 9.25. The smallest absolute Gasteiger partial charge is 0.226 e. The molecule has 7 aliphatic rings. The molecule has 0 amide bonds. The van der Waals surface area contributed by atoms with E-state index in [1.807, 2.05) is 0 Å². The first-order valence-electron chi connectivity index (χ1n) is 21.9. The Bertz CT molecular complexity index is 3320. The molecule has 3 heteroatoms. The average molecular weight is 775 g/mol. The van der Waals surface area contributed by atoms with Gasteiger partial charge in [-0.1, -0.05) is 182 Å². The molecule has 0 N–H and O–H groups in total. The largest absolute Gasteiger partial charge is 0.332 e. The number of para-hydroxylation sites is 4. The van der Waals surface area contributed by atoms with Gasteiger partial charge in [-0.05, 0) is 110 Å². The number of benzene rings is 8. The van der Waals surface area contributed by atoms with E-state index in [1.165, 1.54) is 112 Å². The van der Waals surface area contributed by atoms with E-state index in [2.05, 4.69) is 218 Å². The average Bonchev–Trinajstić information content (AvgIpc) is 3.76. The summed E-state index contributed by atoms with van der Waals surface area (Å²) in [4.78, 5) is 5.50. The van der Waals surface area contributed by atoms with Gasteiger partial charge in [0, 0.05) is 28.6 Å². The number of nitrogens with zero attached hydrogens (tertiary/aromatic N) is 2. The van der Waals surface area contributed by atoms with Gasteiger partial charge in [0.25, 0.3) is 0 Å². The molecule has 0 fully saturated rings. The molecule has 2 unspecified atom stereocenters. The third-order valence-electron chi connectivity index (χ3n) is 16.0. The van der Waals surface area contributed by atoms with Crippen LogP contribution in [0.2, 0.25) is 5.82 Å². The Morgan fingerprint density at radius 1 is 0.426 bits per heavy atom. The highest BCUT2D eigenvalue weighted by atomic mass is 15.3. The minimum atomic E-state index is -0.460. The first kappa shape index (κ1) is 32.7. The summed E-state index contributed by atoms with van der Waals surface area (Å²) >= 11 is 0. The zero-order chi connectivity index (χ0) is 40.0. The number of allylic oxidation sites excluding steroid dienone is 2. The van der Waals surface area contributed by atoms with Crippen LogP contribution >= 0.6 is 0 Å². The van der Waals surface area contributed by atoms with Crippen molar-refractivity contribution in [2.24, 2.45) is 0 Å². The van der Waals surface area contributed by atoms with Crippen LogP contribution in [0, 0.1) is 0 Å². The third-order valence-corrected chi connectivity index (χ3v) is 16.0. The second kappa shape index (κ2) is 10.8. The molecule has 2 atom stereocenters. The first-order chi connectivity index (χ1) is 30.1. The summed E-state index contributed by atoms with van der Waals surface area (Å²) < 4.78 is 0. The van der Waals surface area contributed by atoms with Crippen molar-refractivity contribution in [1.29, 1.82) is 0 Å². The van der Waals surface area contributed by atoms with E-state index >= 15 is 0 Å². The van der Waals surface area contributed by atoms with E-state index < -0.39 is 10.8 Å². The second-order valence-electron chi connectivity index (χ2n) is 18.5. The normalized spacial score (nSPS) is 20.9. The molecule has 0 saturated carbocycles. The predicted octanol–water partition coefficient (Wildman–Crippen LogP) is 11.9. The topological polar surface area (TPSA) is 6.48 Å². The maximum absolute atomic E-state index is 2.79. The standard InChI is InChI=1S/C58H39BN2/c1-35-33-52-55-56(2,34-35)61-51-32-14-12-26-45(51)58(42-23-9-5-19-38(42)39-20-6-10-24-43(39)58)47-28-16-30-49(54(47)61)59(55)48-29-15-27-46-53(48)60(52)50-31-13-11-25-44(50)57(46)40-21-7-3-17-36(40)37-18-4-8-22-41(37)57/h3-34,55H,1-2H3. The second-order valence-corrected chi connectivity index (χ2v) is 18.5. The molecule has 0 radical (unpaired) electrons. The number of rotatable bonds is 0. The maximum Gasteiger partial charge on any atom is 0.226 e. The Balaban J connectivity index is 1.10. The minimum Gasteiger partial charge on any atom is -0.332 e. The summed E-state index contributed by atoms with van der Waals surface area (Å²) in [6.07, 6.45) is 5.13. The van der Waals surface area contributed by atoms with Gasteiger partial charge in [-0.3, -0.25) is 0 Å². The molecule has 2 nitrogen and oxygen atoms in total. The van der Waals surface area contributed by atoms with Gasteiger partial charge in [-0.25, -0.2) is 0 Å². The highest BCUT2D eigenvalue weighted by Gasteiger charge is 2.64. The molecule has 4 aliphatic heterocycles. The Morgan fingerprint density at radius 3 is 1.38 bits per heavy atom. The van der Waals surface area contributed by atoms with Crippen LogP contribution in [-0.2, 0) is 10.8 Å². The molecule has 3 aliphatic carbocycles. The number of hydrogen-bond acceptors (Lipinski definition) is 2. The lowest BCUT2D eigenvalue weighted by Crippen LogP contribution is -2.69. The van der Waals surface area contributed by atoms with Crippen LogP contribution in [0.4, 0.5) is 22.7 Å². The van der Waals surface area contributed by atoms with Crippen molar-refractivity contribution in [1.82, 2.24) is 0 Å². The predicted molar refractivity (Wildman–Crippen MR) is 251 cm³/mol. The summed E-state index contributed by atoms with van der Waals surface area (Å²) in [5, 5.41) is 0. The van der Waals surface area contributed by atoms with E-state index in [0.29, 0.717) is 0 Å². The SMILES string of the molecule is CC1=CC2(C)C3B(c4cccc5c4N(C3=C1)c1ccccc1C51c3ccccc3-c3ccccc31)c1cccc3c1N2c1ccccc1C31c2ccccc2-c2ccccc21. The molecule has 8 aromatic rings. The molecule has 15 rings (SSSR count). The number of anilines is 4. The van der Waals surface area contributed by atoms with E-state index in [9.17, 15) is 0 Å². The van der Waals surface area contributed by atoms with Gasteiger partial charge in [-0.2, -0.15) is 0 Å². The molecular formula is C58H39BN2. The van der Waals surface area contributed by atoms with Crippen molar-refractivity contribution < 1.29 is 0 Å². The van der Waals surface area contributed by atoms with E-state index in [4.69, 9.17) is 0 Å². The van der Waals surface area contributed by atoms with Gasteiger partial charge < -0.3 is 9.80 Å². The van der Waals surface area contributed by atoms with Crippen LogP contribution in [0.25, 0.3) is 22.3 Å². The molecular weight excluding hydrogens is 735 g/mol. The molecule has 2 spiro atoms. The van der Waals surface area contributed by atoms with Gasteiger partial charge >= 0.3 is 0 Å². The zero-order valence-corrected chi connectivity index (χ0v) is 34.0. The van der Waals surface area contributed by atoms with E-state index in [0.717, 1.165) is 0 Å².